The minimum Gasteiger partial charge on any atom is -0.357 e. The maximum Gasteiger partial charge on any atom is 0.211 e. The highest BCUT2D eigenvalue weighted by Gasteiger charge is 2.05. The zero-order valence-corrected chi connectivity index (χ0v) is 16.4. The predicted octanol–water partition coefficient (Wildman–Crippen LogP) is 1.44. The van der Waals surface area contributed by atoms with E-state index in [9.17, 15) is 12.8 Å². The molecule has 0 bridgehead atoms. The van der Waals surface area contributed by atoms with Gasteiger partial charge < -0.3 is 10.6 Å². The lowest BCUT2D eigenvalue weighted by Gasteiger charge is -2.11. The zero-order valence-electron chi connectivity index (χ0n) is 13.3. The molecule has 3 N–H and O–H groups in total. The van der Waals surface area contributed by atoms with Gasteiger partial charge in [-0.2, -0.15) is 0 Å². The number of aliphatic imine (C=N–C) groups is 1. The molecule has 1 aromatic rings. The van der Waals surface area contributed by atoms with Crippen LogP contribution in [0, 0.1) is 5.82 Å². The number of hydrogen-bond donors (Lipinski definition) is 3. The van der Waals surface area contributed by atoms with Gasteiger partial charge in [0.15, 0.2) is 5.96 Å². The van der Waals surface area contributed by atoms with Crippen LogP contribution in [-0.2, 0) is 16.6 Å². The Morgan fingerprint density at radius 2 is 1.78 bits per heavy atom. The van der Waals surface area contributed by atoms with Crippen molar-refractivity contribution < 1.29 is 12.8 Å². The first-order valence-electron chi connectivity index (χ1n) is 7.20. The lowest BCUT2D eigenvalue weighted by atomic mass is 10.2. The van der Waals surface area contributed by atoms with Gasteiger partial charge in [-0.3, -0.25) is 0 Å². The number of hydrogen-bond acceptors (Lipinski definition) is 3. The van der Waals surface area contributed by atoms with Gasteiger partial charge in [0.1, 0.15) is 5.82 Å². The van der Waals surface area contributed by atoms with Crippen LogP contribution in [0.15, 0.2) is 29.3 Å². The van der Waals surface area contributed by atoms with E-state index in [1.54, 1.807) is 19.1 Å². The van der Waals surface area contributed by atoms with E-state index in [2.05, 4.69) is 20.3 Å². The second-order valence-electron chi connectivity index (χ2n) is 4.55. The molecule has 0 aliphatic heterocycles. The fraction of sp³-hybridized carbons (Fsp3) is 0.500. The van der Waals surface area contributed by atoms with Crippen molar-refractivity contribution >= 4 is 40.0 Å². The number of nitrogens with one attached hydrogen (secondary N) is 3. The molecule has 0 unspecified atom stereocenters. The molecule has 0 amide bonds. The average molecular weight is 458 g/mol. The second kappa shape index (κ2) is 11.6. The van der Waals surface area contributed by atoms with E-state index in [4.69, 9.17) is 0 Å². The summed E-state index contributed by atoms with van der Waals surface area (Å²) in [5, 5.41) is 6.10. The van der Waals surface area contributed by atoms with Crippen molar-refractivity contribution in [2.45, 2.75) is 20.4 Å². The van der Waals surface area contributed by atoms with E-state index in [0.29, 0.717) is 25.6 Å². The van der Waals surface area contributed by atoms with Gasteiger partial charge in [0.25, 0.3) is 0 Å². The predicted molar refractivity (Wildman–Crippen MR) is 102 cm³/mol. The summed E-state index contributed by atoms with van der Waals surface area (Å²) in [5.41, 5.74) is 0.894. The smallest absolute Gasteiger partial charge is 0.211 e. The van der Waals surface area contributed by atoms with Crippen LogP contribution in [0.25, 0.3) is 0 Å². The molecule has 0 heterocycles. The van der Waals surface area contributed by atoms with Gasteiger partial charge in [-0.15, -0.1) is 24.0 Å². The molecule has 1 rings (SSSR count). The first-order valence-corrected chi connectivity index (χ1v) is 8.86. The molecular formula is C14H24FIN4O2S. The summed E-state index contributed by atoms with van der Waals surface area (Å²) in [6, 6.07) is 6.14. The van der Waals surface area contributed by atoms with Crippen LogP contribution in [0.5, 0.6) is 0 Å². The van der Waals surface area contributed by atoms with Crippen molar-refractivity contribution in [1.29, 1.82) is 0 Å². The van der Waals surface area contributed by atoms with Crippen molar-refractivity contribution in [2.24, 2.45) is 4.99 Å². The van der Waals surface area contributed by atoms with Crippen LogP contribution in [-0.4, -0.2) is 39.8 Å². The Kier molecular flexibility index (Phi) is 11.1. The van der Waals surface area contributed by atoms with E-state index in [-0.39, 0.29) is 42.1 Å². The largest absolute Gasteiger partial charge is 0.357 e. The molecule has 9 heteroatoms. The minimum absolute atomic E-state index is 0. The molecule has 0 fully saturated rings. The maximum atomic E-state index is 12.8. The van der Waals surface area contributed by atoms with Crippen LogP contribution in [0.3, 0.4) is 0 Å². The van der Waals surface area contributed by atoms with E-state index >= 15 is 0 Å². The fourth-order valence-corrected chi connectivity index (χ4v) is 2.21. The average Bonchev–Trinajstić information content (AvgIpc) is 2.50. The molecular weight excluding hydrogens is 434 g/mol. The lowest BCUT2D eigenvalue weighted by Crippen LogP contribution is -2.41. The third-order valence-corrected chi connectivity index (χ3v) is 4.20. The number of guanidine groups is 1. The Bertz CT molecular complexity index is 579. The van der Waals surface area contributed by atoms with E-state index in [1.807, 2.05) is 6.92 Å². The van der Waals surface area contributed by atoms with Gasteiger partial charge in [-0.25, -0.2) is 22.5 Å². The lowest BCUT2D eigenvalue weighted by molar-refractivity contribution is 0.582. The number of benzene rings is 1. The zero-order chi connectivity index (χ0) is 16.4. The molecule has 0 radical (unpaired) electrons. The van der Waals surface area contributed by atoms with Gasteiger partial charge in [0, 0.05) is 19.6 Å². The quantitative estimate of drug-likeness (QED) is 0.238. The maximum absolute atomic E-state index is 12.8. The Morgan fingerprint density at radius 3 is 2.35 bits per heavy atom. The summed E-state index contributed by atoms with van der Waals surface area (Å²) in [4.78, 5) is 4.36. The Morgan fingerprint density at radius 1 is 1.13 bits per heavy atom. The van der Waals surface area contributed by atoms with Crippen molar-refractivity contribution in [3.05, 3.63) is 35.6 Å². The molecule has 6 nitrogen and oxygen atoms in total. The number of sulfonamides is 1. The summed E-state index contributed by atoms with van der Waals surface area (Å²) >= 11 is 0. The summed E-state index contributed by atoms with van der Waals surface area (Å²) in [7, 11) is -3.17. The SMILES string of the molecule is CCNC(=NCc1ccc(F)cc1)NCCNS(=O)(=O)CC.I. The van der Waals surface area contributed by atoms with Crippen molar-refractivity contribution in [3.63, 3.8) is 0 Å². The Labute approximate surface area is 154 Å². The van der Waals surface area contributed by atoms with Crippen LogP contribution in [0.2, 0.25) is 0 Å². The number of nitrogens with zero attached hydrogens (tertiary/aromatic N) is 1. The third kappa shape index (κ3) is 9.72. The van der Waals surface area contributed by atoms with E-state index in [1.165, 1.54) is 12.1 Å². The first-order chi connectivity index (χ1) is 10.5. The van der Waals surface area contributed by atoms with Gasteiger partial charge in [0.05, 0.1) is 12.3 Å². The molecule has 0 aliphatic rings. The summed E-state index contributed by atoms with van der Waals surface area (Å²) in [6.45, 7) is 5.34. The molecule has 0 atom stereocenters. The van der Waals surface area contributed by atoms with Crippen LogP contribution >= 0.6 is 24.0 Å². The van der Waals surface area contributed by atoms with Gasteiger partial charge >= 0.3 is 0 Å². The summed E-state index contributed by atoms with van der Waals surface area (Å²) in [5.74, 6) is 0.370. The molecule has 0 spiro atoms. The van der Waals surface area contributed by atoms with Crippen LogP contribution in [0.1, 0.15) is 19.4 Å². The molecule has 0 aromatic heterocycles. The van der Waals surface area contributed by atoms with E-state index < -0.39 is 10.0 Å². The Balaban J connectivity index is 0.00000484. The van der Waals surface area contributed by atoms with E-state index in [0.717, 1.165) is 5.56 Å². The molecule has 132 valence electrons. The number of rotatable bonds is 8. The van der Waals surface area contributed by atoms with Crippen molar-refractivity contribution in [3.8, 4) is 0 Å². The third-order valence-electron chi connectivity index (χ3n) is 2.80. The fourth-order valence-electron chi connectivity index (χ4n) is 1.59. The first kappa shape index (κ1) is 22.1. The monoisotopic (exact) mass is 458 g/mol. The van der Waals surface area contributed by atoms with Crippen molar-refractivity contribution in [2.75, 3.05) is 25.4 Å². The Hall–Kier alpha value is -0.940. The highest BCUT2D eigenvalue weighted by molar-refractivity contribution is 14.0. The number of halogens is 2. The molecule has 1 aromatic carbocycles. The van der Waals surface area contributed by atoms with Crippen molar-refractivity contribution in [1.82, 2.24) is 15.4 Å². The highest BCUT2D eigenvalue weighted by atomic mass is 127. The summed E-state index contributed by atoms with van der Waals surface area (Å²) < 4.78 is 37.9. The molecule has 0 saturated heterocycles. The minimum atomic E-state index is -3.17. The standard InChI is InChI=1S/C14H23FN4O2S.HI/c1-3-16-14(17-9-10-19-22(20,21)4-2)18-11-12-5-7-13(15)8-6-12;/h5-8,19H,3-4,9-11H2,1-2H3,(H2,16,17,18);1H. The summed E-state index contributed by atoms with van der Waals surface area (Å²) in [6.07, 6.45) is 0. The molecule has 0 saturated carbocycles. The highest BCUT2D eigenvalue weighted by Crippen LogP contribution is 2.03. The molecule has 23 heavy (non-hydrogen) atoms. The normalized spacial score (nSPS) is 11.7. The van der Waals surface area contributed by atoms with Gasteiger partial charge in [-0.1, -0.05) is 12.1 Å². The van der Waals surface area contributed by atoms with Gasteiger partial charge in [0.2, 0.25) is 10.0 Å². The second-order valence-corrected chi connectivity index (χ2v) is 6.64. The van der Waals surface area contributed by atoms with Gasteiger partial charge in [-0.05, 0) is 31.5 Å². The van der Waals surface area contributed by atoms with Crippen LogP contribution < -0.4 is 15.4 Å². The van der Waals surface area contributed by atoms with Crippen LogP contribution in [0.4, 0.5) is 4.39 Å². The molecule has 0 aliphatic carbocycles. The topological polar surface area (TPSA) is 82.6 Å².